The van der Waals surface area contributed by atoms with Crippen molar-refractivity contribution in [1.82, 2.24) is 62.1 Å². The molecule has 1 saturated heterocycles. The molecule has 4 heterocycles. The number of hydrogen-bond acceptors (Lipinski definition) is 22. The molecule has 7 atom stereocenters. The fraction of sp³-hybridized carbons (Fsp3) is 0.500. The van der Waals surface area contributed by atoms with Crippen LogP contribution in [0.25, 0.3) is 0 Å². The summed E-state index contributed by atoms with van der Waals surface area (Å²) in [6.45, 7) is 0.621. The smallest absolute Gasteiger partial charge is 0.374 e. The number of nitrogens with zero attached hydrogens (tertiary/aromatic N) is 3. The lowest BCUT2D eigenvalue weighted by Gasteiger charge is -2.30. The van der Waals surface area contributed by atoms with Gasteiger partial charge in [-0.1, -0.05) is 45.9 Å². The number of aromatic amines is 2. The number of aromatic hydroxyl groups is 3. The van der Waals surface area contributed by atoms with Gasteiger partial charge in [0, 0.05) is 24.5 Å². The van der Waals surface area contributed by atoms with E-state index in [4.69, 9.17) is 17.0 Å². The van der Waals surface area contributed by atoms with E-state index >= 15 is 0 Å². The summed E-state index contributed by atoms with van der Waals surface area (Å²) in [5, 5.41) is 77.6. The molecule has 15 N–H and O–H groups in total. The number of hydrogen-bond donors (Lipinski definition) is 15. The van der Waals surface area contributed by atoms with Crippen LogP contribution < -0.4 is 37.2 Å². The molecule has 2 aromatic heterocycles. The Hall–Kier alpha value is -6.52. The minimum Gasteiger partial charge on any atom is -0.508 e. The Morgan fingerprint density at radius 2 is 1.64 bits per heavy atom. The van der Waals surface area contributed by atoms with Crippen LogP contribution >= 0.6 is 57.3 Å². The summed E-state index contributed by atoms with van der Waals surface area (Å²) in [5.41, 5.74) is 0.303. The highest BCUT2D eigenvalue weighted by atomic mass is 33.1. The molecule has 77 heavy (non-hydrogen) atoms. The largest absolute Gasteiger partial charge is 0.508 e. The zero-order chi connectivity index (χ0) is 56.5. The number of carboxylic acid groups (broad SMARTS) is 1. The number of phenolic OH excluding ortho intramolecular Hbond substituents is 1. The number of amides is 7. The van der Waals surface area contributed by atoms with Gasteiger partial charge in [-0.3, -0.25) is 33.6 Å². The number of H-pyrrole nitrogens is 2. The molecule has 1 aromatic carbocycles. The number of benzene rings is 1. The standard InChI is InChI=1S/C44H58N12O16S5/c1-19(2)72-43(70)32-54-38(66)40(55-32)77-44(71)45-14-29(60)46-24(15-57)33(61)49-27-18-76-75-17-26(35(63)47-22(42(68)69)10-12-74-3)50-34(62)25(16-58)51-39(73)30-37(65)53-31(52-30)28-5-4-11-56(28)41(67)23(48-36(27)64)13-20-6-8-21(59)9-7-20/h6-9,19,22-28,57-59,65-66H,4-5,10-18H2,1-3H3,(H,45,71)(H,46,60)(H,47,63)(H,48,64)(H,49,61)(H,50,62)(H,51,73)(H,52,53)(H,54,55)(H,68,69)/t22-,23-,24-,25-,26-,27?,28?/m0/s1. The minimum atomic E-state index is -1.75. The van der Waals surface area contributed by atoms with E-state index in [0.29, 0.717) is 35.9 Å². The van der Waals surface area contributed by atoms with Gasteiger partial charge in [0.05, 0.1) is 31.9 Å². The molecule has 2 aliphatic rings. The number of thioether (sulfide) groups is 2. The second-order valence-corrected chi connectivity index (χ2v) is 22.2. The van der Waals surface area contributed by atoms with Crippen molar-refractivity contribution >= 4 is 115 Å². The highest BCUT2D eigenvalue weighted by Gasteiger charge is 2.39. The van der Waals surface area contributed by atoms with Crippen LogP contribution in [0.5, 0.6) is 17.5 Å². The van der Waals surface area contributed by atoms with Gasteiger partial charge in [-0.2, -0.15) is 16.7 Å². The number of nitrogens with one attached hydrogen (secondary N) is 9. The number of thiocarbonyl (C=S) groups is 1. The monoisotopic (exact) mass is 1170 g/mol. The van der Waals surface area contributed by atoms with Crippen molar-refractivity contribution in [1.29, 1.82) is 0 Å². The number of carboxylic acids is 1. The number of esters is 1. The van der Waals surface area contributed by atoms with Crippen LogP contribution in [0.4, 0.5) is 4.79 Å². The maximum Gasteiger partial charge on any atom is 0.374 e. The Bertz CT molecular complexity index is 2640. The molecule has 5 rings (SSSR count). The molecule has 0 radical (unpaired) electrons. The highest BCUT2D eigenvalue weighted by Crippen LogP contribution is 2.34. The number of aliphatic hydroxyl groups excluding tert-OH is 2. The third kappa shape index (κ3) is 17.8. The summed E-state index contributed by atoms with van der Waals surface area (Å²) in [4.78, 5) is 135. The Labute approximate surface area is 460 Å². The minimum absolute atomic E-state index is 0.0151. The molecule has 2 unspecified atom stereocenters. The lowest BCUT2D eigenvalue weighted by molar-refractivity contribution is -0.142. The SMILES string of the molecule is CSCC[C@H](NC(=O)[C@@H]1CSSCC(NC(=O)[C@H](CO)NC(=O)CNC(=O)Sc2nc(C(=O)OC(C)C)[nH]c2O)C(=O)N[C@@H](Cc2ccc(O)cc2)C(=O)N2CCCC2c2nc(O)c([nH]2)C(=S)N[C@@H](CO)C(=O)N1)C(=O)O. The van der Waals surface area contributed by atoms with Crippen molar-refractivity contribution in [2.75, 3.05) is 49.8 Å². The molecule has 28 nitrogen and oxygen atoms in total. The fourth-order valence-electron chi connectivity index (χ4n) is 7.39. The summed E-state index contributed by atoms with van der Waals surface area (Å²) in [6.07, 6.45) is 1.84. The van der Waals surface area contributed by atoms with Crippen molar-refractivity contribution in [2.24, 2.45) is 0 Å². The Balaban J connectivity index is 1.42. The molecule has 3 aromatic rings. The van der Waals surface area contributed by atoms with Gasteiger partial charge in [0.25, 0.3) is 5.24 Å². The van der Waals surface area contributed by atoms with Gasteiger partial charge in [-0.25, -0.2) is 14.6 Å². The number of aromatic nitrogens is 4. The number of aliphatic carboxylic acids is 1. The lowest BCUT2D eigenvalue weighted by atomic mass is 10.0. The van der Waals surface area contributed by atoms with Gasteiger partial charge in [0.1, 0.15) is 58.5 Å². The van der Waals surface area contributed by atoms with E-state index in [1.54, 1.807) is 20.1 Å². The van der Waals surface area contributed by atoms with E-state index in [1.807, 2.05) is 0 Å². The molecular formula is C44H58N12O16S5. The number of phenols is 1. The zero-order valence-corrected chi connectivity index (χ0v) is 45.4. The topological polar surface area (TPSA) is 429 Å². The van der Waals surface area contributed by atoms with Crippen molar-refractivity contribution in [2.45, 2.75) is 93.0 Å². The van der Waals surface area contributed by atoms with Gasteiger partial charge in [0.15, 0.2) is 5.03 Å². The second-order valence-electron chi connectivity index (χ2n) is 17.3. The number of rotatable bonds is 18. The van der Waals surface area contributed by atoms with Crippen LogP contribution in [0, 0.1) is 0 Å². The van der Waals surface area contributed by atoms with E-state index in [1.165, 1.54) is 40.9 Å². The summed E-state index contributed by atoms with van der Waals surface area (Å²) >= 11 is 7.13. The molecule has 420 valence electrons. The highest BCUT2D eigenvalue weighted by molar-refractivity contribution is 8.76. The summed E-state index contributed by atoms with van der Waals surface area (Å²) in [6, 6.07) is -4.19. The van der Waals surface area contributed by atoms with Crippen LogP contribution in [-0.4, -0.2) is 205 Å². The Kier molecular flexibility index (Phi) is 23.3. The molecular weight excluding hydrogens is 1110 g/mol. The second kappa shape index (κ2) is 29.3. The first-order chi connectivity index (χ1) is 36.6. The van der Waals surface area contributed by atoms with Crippen molar-refractivity contribution < 1.29 is 78.5 Å². The number of imidazole rings is 2. The van der Waals surface area contributed by atoms with Crippen LogP contribution in [-0.2, 0) is 44.7 Å². The number of carbonyl (C=O) groups excluding carboxylic acids is 8. The van der Waals surface area contributed by atoms with Crippen LogP contribution in [0.2, 0.25) is 0 Å². The Morgan fingerprint density at radius 1 is 0.922 bits per heavy atom. The van der Waals surface area contributed by atoms with Crippen molar-refractivity contribution in [3.8, 4) is 17.5 Å². The summed E-state index contributed by atoms with van der Waals surface area (Å²) in [7, 11) is 1.76. The van der Waals surface area contributed by atoms with E-state index < -0.39 is 138 Å². The van der Waals surface area contributed by atoms with Crippen LogP contribution in [0.1, 0.15) is 66.9 Å². The maximum absolute atomic E-state index is 14.7. The van der Waals surface area contributed by atoms with E-state index in [-0.39, 0.29) is 58.2 Å². The molecule has 7 amide bonds. The molecule has 2 bridgehead atoms. The molecule has 0 aliphatic carbocycles. The summed E-state index contributed by atoms with van der Waals surface area (Å²) < 4.78 is 5.01. The predicted octanol–water partition coefficient (Wildman–Crippen LogP) is -1.50. The van der Waals surface area contributed by atoms with Gasteiger partial charge < -0.3 is 87.5 Å². The normalized spacial score (nSPS) is 20.3. The third-order valence-corrected chi connectivity index (χ3v) is 15.4. The van der Waals surface area contributed by atoms with Crippen LogP contribution in [0.3, 0.4) is 0 Å². The first-order valence-corrected chi connectivity index (χ1v) is 28.6. The molecule has 2 aliphatic heterocycles. The van der Waals surface area contributed by atoms with Crippen molar-refractivity contribution in [3.05, 3.63) is 47.2 Å². The number of carbonyl (C=O) groups is 9. The summed E-state index contributed by atoms with van der Waals surface area (Å²) in [5.74, 6) is -9.89. The first kappa shape index (κ1) is 61.3. The average Bonchev–Trinajstić information content (AvgIpc) is 4.13. The third-order valence-electron chi connectivity index (χ3n) is 11.2. The van der Waals surface area contributed by atoms with Gasteiger partial charge in [-0.15, -0.1) is 0 Å². The molecule has 1 fully saturated rings. The quantitative estimate of drug-likeness (QED) is 0.0298. The van der Waals surface area contributed by atoms with E-state index in [9.17, 15) is 73.8 Å². The van der Waals surface area contributed by atoms with E-state index in [0.717, 1.165) is 21.6 Å². The molecule has 0 saturated carbocycles. The van der Waals surface area contributed by atoms with E-state index in [2.05, 4.69) is 57.2 Å². The maximum atomic E-state index is 14.7. The predicted molar refractivity (Wildman–Crippen MR) is 284 cm³/mol. The fourth-order valence-corrected chi connectivity index (χ4v) is 11.1. The zero-order valence-electron chi connectivity index (χ0n) is 41.4. The Morgan fingerprint density at radius 3 is 2.30 bits per heavy atom. The number of fused-ring (bicyclic) bond motifs is 4. The van der Waals surface area contributed by atoms with Gasteiger partial charge in [-0.05, 0) is 74.6 Å². The molecule has 33 heteroatoms. The van der Waals surface area contributed by atoms with Crippen molar-refractivity contribution in [3.63, 3.8) is 0 Å². The first-order valence-electron chi connectivity index (χ1n) is 23.4. The average molecular weight is 1170 g/mol. The molecule has 0 spiro atoms. The van der Waals surface area contributed by atoms with Crippen LogP contribution in [0.15, 0.2) is 29.3 Å². The number of ether oxygens (including phenoxy) is 1. The van der Waals surface area contributed by atoms with Gasteiger partial charge >= 0.3 is 11.9 Å². The number of aliphatic hydroxyl groups is 2. The van der Waals surface area contributed by atoms with Gasteiger partial charge in [0.2, 0.25) is 53.0 Å². The lowest BCUT2D eigenvalue weighted by Crippen LogP contribution is -2.59.